The standard InChI is InChI=1S/C22H19FN4O5/c1-26-11-15(20(28)24-13-6-9-16(31-2)17(10-13)32-3)18-19(26)21(29)27(22(30)25-18)14-7-4-12(23)5-8-14/h4-11H,1-3H3,(H,24,28)(H,25,30). The number of nitrogens with one attached hydrogen (secondary N) is 2. The van der Waals surface area contributed by atoms with Crippen LogP contribution in [0.3, 0.4) is 0 Å². The number of carbonyl (C=O) groups is 1. The maximum atomic E-state index is 13.2. The molecule has 0 fully saturated rings. The van der Waals surface area contributed by atoms with E-state index in [2.05, 4.69) is 10.3 Å². The minimum atomic E-state index is -0.750. The molecule has 0 radical (unpaired) electrons. The molecule has 2 aromatic heterocycles. The maximum absolute atomic E-state index is 13.2. The lowest BCUT2D eigenvalue weighted by atomic mass is 10.2. The quantitative estimate of drug-likeness (QED) is 0.498. The molecule has 0 spiro atoms. The summed E-state index contributed by atoms with van der Waals surface area (Å²) in [6, 6.07) is 9.81. The van der Waals surface area contributed by atoms with Crippen LogP contribution in [0.4, 0.5) is 10.1 Å². The molecule has 0 aliphatic heterocycles. The Bertz CT molecular complexity index is 1450. The number of aryl methyl sites for hydroxylation is 1. The molecule has 4 rings (SSSR count). The summed E-state index contributed by atoms with van der Waals surface area (Å²) in [6.45, 7) is 0. The number of nitrogens with zero attached hydrogens (tertiary/aromatic N) is 2. The summed E-state index contributed by atoms with van der Waals surface area (Å²) in [5, 5.41) is 2.72. The fourth-order valence-corrected chi connectivity index (χ4v) is 3.48. The van der Waals surface area contributed by atoms with Gasteiger partial charge in [0.1, 0.15) is 11.3 Å². The van der Waals surface area contributed by atoms with Gasteiger partial charge >= 0.3 is 5.69 Å². The molecule has 164 valence electrons. The van der Waals surface area contributed by atoms with Gasteiger partial charge in [-0.1, -0.05) is 0 Å². The zero-order valence-electron chi connectivity index (χ0n) is 17.4. The zero-order chi connectivity index (χ0) is 23.0. The lowest BCUT2D eigenvalue weighted by molar-refractivity contribution is 0.102. The highest BCUT2D eigenvalue weighted by molar-refractivity contribution is 6.11. The average Bonchev–Trinajstić information content (AvgIpc) is 3.11. The minimum absolute atomic E-state index is 0.0961. The van der Waals surface area contributed by atoms with E-state index in [9.17, 15) is 18.8 Å². The summed E-state index contributed by atoms with van der Waals surface area (Å²) in [7, 11) is 4.57. The van der Waals surface area contributed by atoms with Gasteiger partial charge in [0.15, 0.2) is 11.5 Å². The molecule has 2 heterocycles. The molecular weight excluding hydrogens is 419 g/mol. The second-order valence-corrected chi connectivity index (χ2v) is 6.95. The number of rotatable bonds is 5. The fraction of sp³-hybridized carbons (Fsp3) is 0.136. The summed E-state index contributed by atoms with van der Waals surface area (Å²) in [4.78, 5) is 41.3. The van der Waals surface area contributed by atoms with Gasteiger partial charge in [0, 0.05) is 25.0 Å². The van der Waals surface area contributed by atoms with E-state index in [1.54, 1.807) is 25.2 Å². The van der Waals surface area contributed by atoms with Crippen molar-refractivity contribution in [2.24, 2.45) is 7.05 Å². The molecule has 0 aliphatic carbocycles. The fourth-order valence-electron chi connectivity index (χ4n) is 3.48. The Balaban J connectivity index is 1.78. The van der Waals surface area contributed by atoms with E-state index >= 15 is 0 Å². The van der Waals surface area contributed by atoms with Crippen molar-refractivity contribution < 1.29 is 18.7 Å². The van der Waals surface area contributed by atoms with Crippen molar-refractivity contribution >= 4 is 22.6 Å². The van der Waals surface area contributed by atoms with Gasteiger partial charge in [-0.3, -0.25) is 9.59 Å². The molecule has 0 aliphatic rings. The molecule has 2 aromatic carbocycles. The maximum Gasteiger partial charge on any atom is 0.333 e. The number of H-pyrrole nitrogens is 1. The largest absolute Gasteiger partial charge is 0.493 e. The van der Waals surface area contributed by atoms with Crippen molar-refractivity contribution in [1.82, 2.24) is 14.1 Å². The van der Waals surface area contributed by atoms with Gasteiger partial charge in [-0.2, -0.15) is 0 Å². The van der Waals surface area contributed by atoms with Crippen LogP contribution in [0.1, 0.15) is 10.4 Å². The molecule has 2 N–H and O–H groups in total. The highest BCUT2D eigenvalue weighted by Crippen LogP contribution is 2.30. The number of anilines is 1. The van der Waals surface area contributed by atoms with Gasteiger partial charge in [0.25, 0.3) is 11.5 Å². The number of aromatic amines is 1. The smallest absolute Gasteiger partial charge is 0.333 e. The second kappa shape index (κ2) is 8.06. The molecule has 1 amide bonds. The summed E-state index contributed by atoms with van der Waals surface area (Å²) < 4.78 is 26.0. The van der Waals surface area contributed by atoms with E-state index in [1.165, 1.54) is 37.1 Å². The SMILES string of the molecule is COc1ccc(NC(=O)c2cn(C)c3c(=O)n(-c4ccc(F)cc4)c(=O)[nH]c23)cc1OC. The van der Waals surface area contributed by atoms with Gasteiger partial charge < -0.3 is 24.3 Å². The highest BCUT2D eigenvalue weighted by atomic mass is 19.1. The van der Waals surface area contributed by atoms with E-state index in [0.29, 0.717) is 17.2 Å². The second-order valence-electron chi connectivity index (χ2n) is 6.95. The number of hydrogen-bond donors (Lipinski definition) is 2. The van der Waals surface area contributed by atoms with Gasteiger partial charge in [0.2, 0.25) is 0 Å². The van der Waals surface area contributed by atoms with E-state index in [1.807, 2.05) is 0 Å². The molecule has 0 unspecified atom stereocenters. The lowest BCUT2D eigenvalue weighted by Gasteiger charge is -2.10. The van der Waals surface area contributed by atoms with Crippen LogP contribution in [0.5, 0.6) is 11.5 Å². The van der Waals surface area contributed by atoms with Crippen molar-refractivity contribution in [3.63, 3.8) is 0 Å². The third-order valence-corrected chi connectivity index (χ3v) is 4.99. The number of methoxy groups -OCH3 is 2. The third-order valence-electron chi connectivity index (χ3n) is 4.99. The summed E-state index contributed by atoms with van der Waals surface area (Å²) in [5.41, 5.74) is -0.421. The molecule has 0 saturated heterocycles. The topological polar surface area (TPSA) is 107 Å². The van der Waals surface area contributed by atoms with Crippen LogP contribution >= 0.6 is 0 Å². The Labute approximate surface area is 180 Å². The van der Waals surface area contributed by atoms with Crippen LogP contribution in [-0.2, 0) is 7.05 Å². The Kier molecular flexibility index (Phi) is 5.27. The number of benzene rings is 2. The van der Waals surface area contributed by atoms with Crippen LogP contribution in [0.15, 0.2) is 58.3 Å². The van der Waals surface area contributed by atoms with Crippen molar-refractivity contribution in [2.75, 3.05) is 19.5 Å². The molecule has 10 heteroatoms. The minimum Gasteiger partial charge on any atom is -0.493 e. The number of fused-ring (bicyclic) bond motifs is 1. The first kappa shape index (κ1) is 20.9. The van der Waals surface area contributed by atoms with E-state index < -0.39 is 23.0 Å². The molecule has 0 bridgehead atoms. The third kappa shape index (κ3) is 3.51. The summed E-state index contributed by atoms with van der Waals surface area (Å²) in [6.07, 6.45) is 1.45. The van der Waals surface area contributed by atoms with Crippen LogP contribution in [0.25, 0.3) is 16.7 Å². The van der Waals surface area contributed by atoms with Gasteiger partial charge in [-0.25, -0.2) is 13.8 Å². The molecule has 4 aromatic rings. The number of hydrogen-bond acceptors (Lipinski definition) is 5. The Hall–Kier alpha value is -4.34. The number of carbonyl (C=O) groups excluding carboxylic acids is 1. The number of amides is 1. The molecule has 9 nitrogen and oxygen atoms in total. The van der Waals surface area contributed by atoms with Crippen LogP contribution in [-0.4, -0.2) is 34.2 Å². The Morgan fingerprint density at radius 1 is 1.03 bits per heavy atom. The zero-order valence-corrected chi connectivity index (χ0v) is 17.4. The number of aromatic nitrogens is 3. The molecule has 0 atom stereocenters. The van der Waals surface area contributed by atoms with Crippen LogP contribution < -0.4 is 26.0 Å². The van der Waals surface area contributed by atoms with E-state index in [4.69, 9.17) is 9.47 Å². The monoisotopic (exact) mass is 438 g/mol. The van der Waals surface area contributed by atoms with Crippen molar-refractivity contribution in [3.05, 3.63) is 80.9 Å². The Morgan fingerprint density at radius 2 is 1.72 bits per heavy atom. The predicted molar refractivity (Wildman–Crippen MR) is 117 cm³/mol. The lowest BCUT2D eigenvalue weighted by Crippen LogP contribution is -2.34. The van der Waals surface area contributed by atoms with E-state index in [0.717, 1.165) is 16.7 Å². The first-order chi connectivity index (χ1) is 15.3. The summed E-state index contributed by atoms with van der Waals surface area (Å²) >= 11 is 0. The molecule has 32 heavy (non-hydrogen) atoms. The molecule has 0 saturated carbocycles. The van der Waals surface area contributed by atoms with Crippen LogP contribution in [0.2, 0.25) is 0 Å². The predicted octanol–water partition coefficient (Wildman–Crippen LogP) is 2.43. The highest BCUT2D eigenvalue weighted by Gasteiger charge is 2.20. The molecular formula is C22H19FN4O5. The first-order valence-corrected chi connectivity index (χ1v) is 9.47. The normalized spacial score (nSPS) is 10.9. The van der Waals surface area contributed by atoms with Gasteiger partial charge in [0.05, 0.1) is 31.0 Å². The van der Waals surface area contributed by atoms with Crippen LogP contribution in [0, 0.1) is 5.82 Å². The van der Waals surface area contributed by atoms with Gasteiger partial charge in [-0.05, 0) is 36.4 Å². The van der Waals surface area contributed by atoms with E-state index in [-0.39, 0.29) is 22.3 Å². The Morgan fingerprint density at radius 3 is 2.38 bits per heavy atom. The van der Waals surface area contributed by atoms with Crippen molar-refractivity contribution in [3.8, 4) is 17.2 Å². The first-order valence-electron chi connectivity index (χ1n) is 9.47. The number of ether oxygens (including phenoxy) is 2. The van der Waals surface area contributed by atoms with Crippen molar-refractivity contribution in [2.45, 2.75) is 0 Å². The number of halogens is 1. The average molecular weight is 438 g/mol. The van der Waals surface area contributed by atoms with Gasteiger partial charge in [-0.15, -0.1) is 0 Å². The summed E-state index contributed by atoms with van der Waals surface area (Å²) in [5.74, 6) is -0.0927. The van der Waals surface area contributed by atoms with Crippen molar-refractivity contribution in [1.29, 1.82) is 0 Å².